The van der Waals surface area contributed by atoms with E-state index in [-0.39, 0.29) is 11.9 Å². The zero-order valence-electron chi connectivity index (χ0n) is 17.6. The molecule has 1 amide bonds. The van der Waals surface area contributed by atoms with Crippen molar-refractivity contribution in [2.75, 3.05) is 46.6 Å². The number of benzene rings is 2. The lowest BCUT2D eigenvalue weighted by Crippen LogP contribution is -2.49. The second-order valence-electron chi connectivity index (χ2n) is 7.77. The van der Waals surface area contributed by atoms with Crippen molar-refractivity contribution in [3.63, 3.8) is 0 Å². The molecule has 0 radical (unpaired) electrons. The fourth-order valence-corrected chi connectivity index (χ4v) is 4.00. The SMILES string of the molecule is COc1ccccc1[C@H](C)NC(=O)CN1CCN(Cc2ccc3c(c2)OCO3)CC1. The predicted molar refractivity (Wildman–Crippen MR) is 114 cm³/mol. The minimum atomic E-state index is -0.0963. The van der Waals surface area contributed by atoms with E-state index in [0.717, 1.165) is 55.5 Å². The standard InChI is InChI=1S/C23H29N3O4/c1-17(19-5-3-4-6-20(19)28-2)24-23(27)15-26-11-9-25(10-12-26)14-18-7-8-21-22(13-18)30-16-29-21/h3-8,13,17H,9-12,14-16H2,1-2H3,(H,24,27)/t17-/m0/s1. The van der Waals surface area contributed by atoms with Crippen LogP contribution in [0.5, 0.6) is 17.2 Å². The van der Waals surface area contributed by atoms with Gasteiger partial charge in [0.25, 0.3) is 0 Å². The summed E-state index contributed by atoms with van der Waals surface area (Å²) >= 11 is 0. The topological polar surface area (TPSA) is 63.3 Å². The summed E-state index contributed by atoms with van der Waals surface area (Å²) in [6.45, 7) is 7.20. The summed E-state index contributed by atoms with van der Waals surface area (Å²) in [6, 6.07) is 13.8. The molecule has 2 aromatic rings. The number of nitrogens with one attached hydrogen (secondary N) is 1. The van der Waals surface area contributed by atoms with E-state index < -0.39 is 0 Å². The average Bonchev–Trinajstić information content (AvgIpc) is 3.23. The van der Waals surface area contributed by atoms with Crippen LogP contribution in [0.25, 0.3) is 0 Å². The number of ether oxygens (including phenoxy) is 3. The zero-order chi connectivity index (χ0) is 20.9. The molecule has 2 aliphatic heterocycles. The summed E-state index contributed by atoms with van der Waals surface area (Å²) in [5.74, 6) is 2.48. The second kappa shape index (κ2) is 9.36. The Balaban J connectivity index is 1.23. The van der Waals surface area contributed by atoms with E-state index in [1.54, 1.807) is 7.11 Å². The highest BCUT2D eigenvalue weighted by atomic mass is 16.7. The number of nitrogens with zero attached hydrogens (tertiary/aromatic N) is 2. The van der Waals surface area contributed by atoms with E-state index >= 15 is 0 Å². The Morgan fingerprint density at radius 2 is 1.80 bits per heavy atom. The molecule has 2 aromatic carbocycles. The van der Waals surface area contributed by atoms with E-state index in [4.69, 9.17) is 14.2 Å². The van der Waals surface area contributed by atoms with Crippen LogP contribution in [0.15, 0.2) is 42.5 Å². The van der Waals surface area contributed by atoms with Gasteiger partial charge < -0.3 is 19.5 Å². The van der Waals surface area contributed by atoms with Gasteiger partial charge in [-0.2, -0.15) is 0 Å². The molecule has 1 N–H and O–H groups in total. The van der Waals surface area contributed by atoms with E-state index in [2.05, 4.69) is 27.2 Å². The molecule has 2 heterocycles. The summed E-state index contributed by atoms with van der Waals surface area (Å²) in [4.78, 5) is 17.2. The first-order chi connectivity index (χ1) is 14.6. The zero-order valence-corrected chi connectivity index (χ0v) is 17.6. The molecule has 30 heavy (non-hydrogen) atoms. The average molecular weight is 412 g/mol. The Morgan fingerprint density at radius 1 is 1.07 bits per heavy atom. The van der Waals surface area contributed by atoms with Crippen molar-refractivity contribution in [2.45, 2.75) is 19.5 Å². The molecule has 1 atom stereocenters. The van der Waals surface area contributed by atoms with Gasteiger partial charge in [0.1, 0.15) is 5.75 Å². The molecule has 0 saturated carbocycles. The second-order valence-corrected chi connectivity index (χ2v) is 7.77. The fourth-order valence-electron chi connectivity index (χ4n) is 4.00. The smallest absolute Gasteiger partial charge is 0.234 e. The minimum Gasteiger partial charge on any atom is -0.496 e. The highest BCUT2D eigenvalue weighted by molar-refractivity contribution is 5.78. The maximum absolute atomic E-state index is 12.5. The number of hydrogen-bond donors (Lipinski definition) is 1. The molecule has 7 heteroatoms. The molecule has 0 aromatic heterocycles. The molecular formula is C23H29N3O4. The number of piperazine rings is 1. The van der Waals surface area contributed by atoms with Crippen LogP contribution in [0.3, 0.4) is 0 Å². The Kier molecular flexibility index (Phi) is 6.40. The molecule has 0 bridgehead atoms. The van der Waals surface area contributed by atoms with Crippen LogP contribution in [-0.2, 0) is 11.3 Å². The lowest BCUT2D eigenvalue weighted by atomic mass is 10.1. The van der Waals surface area contributed by atoms with Crippen LogP contribution in [-0.4, -0.2) is 62.3 Å². The van der Waals surface area contributed by atoms with Gasteiger partial charge in [-0.25, -0.2) is 0 Å². The van der Waals surface area contributed by atoms with Crippen LogP contribution >= 0.6 is 0 Å². The van der Waals surface area contributed by atoms with Crippen molar-refractivity contribution in [3.05, 3.63) is 53.6 Å². The predicted octanol–water partition coefficient (Wildman–Crippen LogP) is 2.42. The highest BCUT2D eigenvalue weighted by Gasteiger charge is 2.21. The van der Waals surface area contributed by atoms with Crippen LogP contribution in [0.4, 0.5) is 0 Å². The van der Waals surface area contributed by atoms with Gasteiger partial charge in [-0.05, 0) is 30.7 Å². The number of carbonyl (C=O) groups is 1. The Labute approximate surface area is 177 Å². The lowest BCUT2D eigenvalue weighted by molar-refractivity contribution is -0.123. The van der Waals surface area contributed by atoms with Crippen molar-refractivity contribution in [2.24, 2.45) is 0 Å². The first-order valence-electron chi connectivity index (χ1n) is 10.4. The molecule has 0 spiro atoms. The number of rotatable bonds is 7. The monoisotopic (exact) mass is 411 g/mol. The van der Waals surface area contributed by atoms with Crippen molar-refractivity contribution in [3.8, 4) is 17.2 Å². The number of carbonyl (C=O) groups excluding carboxylic acids is 1. The summed E-state index contributed by atoms with van der Waals surface area (Å²) in [6.07, 6.45) is 0. The fraction of sp³-hybridized carbons (Fsp3) is 0.435. The molecule has 160 valence electrons. The van der Waals surface area contributed by atoms with E-state index in [1.165, 1.54) is 5.56 Å². The third kappa shape index (κ3) is 4.86. The molecule has 1 fully saturated rings. The van der Waals surface area contributed by atoms with E-state index in [9.17, 15) is 4.79 Å². The van der Waals surface area contributed by atoms with Gasteiger partial charge in [-0.15, -0.1) is 0 Å². The normalized spacial score (nSPS) is 17.5. The Bertz CT molecular complexity index is 881. The van der Waals surface area contributed by atoms with Crippen LogP contribution in [0.2, 0.25) is 0 Å². The summed E-state index contributed by atoms with van der Waals surface area (Å²) < 4.78 is 16.2. The maximum atomic E-state index is 12.5. The van der Waals surface area contributed by atoms with Gasteiger partial charge in [-0.1, -0.05) is 24.3 Å². The quantitative estimate of drug-likeness (QED) is 0.755. The van der Waals surface area contributed by atoms with Crippen LogP contribution < -0.4 is 19.5 Å². The third-order valence-electron chi connectivity index (χ3n) is 5.66. The molecule has 7 nitrogen and oxygen atoms in total. The van der Waals surface area contributed by atoms with Crippen LogP contribution in [0, 0.1) is 0 Å². The van der Waals surface area contributed by atoms with E-state index in [0.29, 0.717) is 13.3 Å². The third-order valence-corrected chi connectivity index (χ3v) is 5.66. The number of fused-ring (bicyclic) bond motifs is 1. The summed E-state index contributed by atoms with van der Waals surface area (Å²) in [5.41, 5.74) is 2.21. The molecule has 4 rings (SSSR count). The maximum Gasteiger partial charge on any atom is 0.234 e. The highest BCUT2D eigenvalue weighted by Crippen LogP contribution is 2.32. The van der Waals surface area contributed by atoms with Crippen molar-refractivity contribution in [1.29, 1.82) is 0 Å². The van der Waals surface area contributed by atoms with Crippen molar-refractivity contribution < 1.29 is 19.0 Å². The largest absolute Gasteiger partial charge is 0.496 e. The van der Waals surface area contributed by atoms with Crippen molar-refractivity contribution >= 4 is 5.91 Å². The summed E-state index contributed by atoms with van der Waals surface area (Å²) in [5, 5.41) is 3.09. The molecular weight excluding hydrogens is 382 g/mol. The number of hydrogen-bond acceptors (Lipinski definition) is 6. The van der Waals surface area contributed by atoms with Crippen molar-refractivity contribution in [1.82, 2.24) is 15.1 Å². The van der Waals surface area contributed by atoms with E-state index in [1.807, 2.05) is 37.3 Å². The summed E-state index contributed by atoms with van der Waals surface area (Å²) in [7, 11) is 1.65. The molecule has 1 saturated heterocycles. The molecule has 0 aliphatic carbocycles. The van der Waals surface area contributed by atoms with Gasteiger partial charge in [0, 0.05) is 38.3 Å². The number of amides is 1. The van der Waals surface area contributed by atoms with Gasteiger partial charge >= 0.3 is 0 Å². The van der Waals surface area contributed by atoms with Gasteiger partial charge in [0.05, 0.1) is 19.7 Å². The number of para-hydroxylation sites is 1. The van der Waals surface area contributed by atoms with Gasteiger partial charge in [0.2, 0.25) is 12.7 Å². The van der Waals surface area contributed by atoms with Gasteiger partial charge in [0.15, 0.2) is 11.5 Å². The first-order valence-corrected chi connectivity index (χ1v) is 10.4. The van der Waals surface area contributed by atoms with Gasteiger partial charge in [-0.3, -0.25) is 14.6 Å². The first kappa shape index (κ1) is 20.5. The minimum absolute atomic E-state index is 0.0395. The lowest BCUT2D eigenvalue weighted by Gasteiger charge is -2.34. The van der Waals surface area contributed by atoms with Crippen LogP contribution in [0.1, 0.15) is 24.1 Å². The molecule has 0 unspecified atom stereocenters. The Hall–Kier alpha value is -2.77. The number of methoxy groups -OCH3 is 1. The molecule has 2 aliphatic rings. The Morgan fingerprint density at radius 3 is 2.60 bits per heavy atom.